The lowest BCUT2D eigenvalue weighted by Crippen LogP contribution is -2.11. The Balaban J connectivity index is 2.47. The lowest BCUT2D eigenvalue weighted by atomic mass is 9.80. The number of halogens is 1. The number of benzene rings is 1. The molecule has 1 atom stereocenters. The van der Waals surface area contributed by atoms with Gasteiger partial charge in [0.1, 0.15) is 5.82 Å². The number of rotatable bonds is 11. The number of hydrogen-bond donors (Lipinski definition) is 1. The molecule has 1 unspecified atom stereocenters. The van der Waals surface area contributed by atoms with E-state index >= 15 is 0 Å². The lowest BCUT2D eigenvalue weighted by molar-refractivity contribution is 0.610. The maximum atomic E-state index is 14.3. The normalized spacial score (nSPS) is 18.0. The molecule has 2 rings (SSSR count). The Morgan fingerprint density at radius 2 is 2.00 bits per heavy atom. The van der Waals surface area contributed by atoms with Crippen molar-refractivity contribution < 1.29 is 4.39 Å². The fraction of sp³-hybridized carbons (Fsp3) is 0.483. The van der Waals surface area contributed by atoms with Crippen LogP contribution < -0.4 is 5.73 Å². The topological polar surface area (TPSA) is 38.4 Å². The quantitative estimate of drug-likeness (QED) is 0.212. The van der Waals surface area contributed by atoms with Crippen LogP contribution in [0.15, 0.2) is 69.9 Å². The summed E-state index contributed by atoms with van der Waals surface area (Å²) in [6.07, 6.45) is 15.8. The summed E-state index contributed by atoms with van der Waals surface area (Å²) in [6.45, 7) is 11.1. The minimum absolute atomic E-state index is 0.121. The molecule has 0 saturated heterocycles. The molecule has 1 aromatic carbocycles. The second-order valence-corrected chi connectivity index (χ2v) is 8.65. The molecule has 0 amide bonds. The van der Waals surface area contributed by atoms with Crippen LogP contribution in [0, 0.1) is 12.7 Å². The second-order valence-electron chi connectivity index (χ2n) is 8.65. The van der Waals surface area contributed by atoms with Gasteiger partial charge >= 0.3 is 0 Å². The van der Waals surface area contributed by atoms with Crippen molar-refractivity contribution in [3.63, 3.8) is 0 Å². The Morgan fingerprint density at radius 1 is 1.22 bits per heavy atom. The van der Waals surface area contributed by atoms with Gasteiger partial charge in [0.05, 0.1) is 5.70 Å². The molecular formula is C29H41FN2. The molecule has 1 aromatic rings. The van der Waals surface area contributed by atoms with E-state index in [9.17, 15) is 4.39 Å². The summed E-state index contributed by atoms with van der Waals surface area (Å²) >= 11 is 0. The second kappa shape index (κ2) is 13.3. The van der Waals surface area contributed by atoms with Gasteiger partial charge in [-0.15, -0.1) is 0 Å². The van der Waals surface area contributed by atoms with E-state index < -0.39 is 0 Å². The predicted octanol–water partition coefficient (Wildman–Crippen LogP) is 8.10. The first kappa shape index (κ1) is 26.0. The SMILES string of the molecule is CC=CC/C(=C\C)C(C)=NC1=C(CC)CC(c2cccc(F)c2C)C=C1CCCCCN. The minimum Gasteiger partial charge on any atom is -0.330 e. The Labute approximate surface area is 194 Å². The van der Waals surface area contributed by atoms with Crippen molar-refractivity contribution >= 4 is 5.71 Å². The molecule has 3 heteroatoms. The van der Waals surface area contributed by atoms with Crippen molar-refractivity contribution in [1.29, 1.82) is 0 Å². The molecule has 0 aromatic heterocycles. The van der Waals surface area contributed by atoms with Crippen LogP contribution in [-0.2, 0) is 0 Å². The van der Waals surface area contributed by atoms with Gasteiger partial charge in [0.15, 0.2) is 0 Å². The smallest absolute Gasteiger partial charge is 0.126 e. The van der Waals surface area contributed by atoms with E-state index in [-0.39, 0.29) is 11.7 Å². The van der Waals surface area contributed by atoms with E-state index in [1.54, 1.807) is 6.07 Å². The summed E-state index contributed by atoms with van der Waals surface area (Å²) in [6, 6.07) is 5.46. The zero-order valence-electron chi connectivity index (χ0n) is 20.7. The molecule has 0 aliphatic heterocycles. The highest BCUT2D eigenvalue weighted by Crippen LogP contribution is 2.40. The average molecular weight is 437 g/mol. The first-order valence-corrected chi connectivity index (χ1v) is 12.2. The van der Waals surface area contributed by atoms with Gasteiger partial charge in [0, 0.05) is 11.6 Å². The van der Waals surface area contributed by atoms with Crippen molar-refractivity contribution in [2.24, 2.45) is 10.7 Å². The van der Waals surface area contributed by atoms with Gasteiger partial charge in [-0.3, -0.25) is 4.99 Å². The predicted molar refractivity (Wildman–Crippen MR) is 138 cm³/mol. The lowest BCUT2D eigenvalue weighted by Gasteiger charge is -2.27. The summed E-state index contributed by atoms with van der Waals surface area (Å²) < 4.78 is 14.3. The maximum absolute atomic E-state index is 14.3. The van der Waals surface area contributed by atoms with Gasteiger partial charge < -0.3 is 5.73 Å². The van der Waals surface area contributed by atoms with Gasteiger partial charge in [-0.2, -0.15) is 0 Å². The van der Waals surface area contributed by atoms with Crippen molar-refractivity contribution in [2.75, 3.05) is 6.54 Å². The highest BCUT2D eigenvalue weighted by molar-refractivity contribution is 5.99. The summed E-state index contributed by atoms with van der Waals surface area (Å²) in [5.74, 6) is 0.0809. The number of hydrogen-bond acceptors (Lipinski definition) is 2. The van der Waals surface area contributed by atoms with E-state index in [0.29, 0.717) is 0 Å². The highest BCUT2D eigenvalue weighted by atomic mass is 19.1. The average Bonchev–Trinajstić information content (AvgIpc) is 2.79. The van der Waals surface area contributed by atoms with Crippen LogP contribution in [0.2, 0.25) is 0 Å². The molecule has 0 radical (unpaired) electrons. The molecule has 2 nitrogen and oxygen atoms in total. The first-order valence-electron chi connectivity index (χ1n) is 12.2. The molecule has 32 heavy (non-hydrogen) atoms. The molecule has 0 fully saturated rings. The van der Waals surface area contributed by atoms with Crippen LogP contribution in [0.3, 0.4) is 0 Å². The van der Waals surface area contributed by atoms with E-state index in [1.165, 1.54) is 16.7 Å². The van der Waals surface area contributed by atoms with Gasteiger partial charge in [-0.05, 0) is 107 Å². The van der Waals surface area contributed by atoms with Crippen LogP contribution in [0.5, 0.6) is 0 Å². The van der Waals surface area contributed by atoms with E-state index in [0.717, 1.165) is 74.0 Å². The molecule has 0 bridgehead atoms. The summed E-state index contributed by atoms with van der Waals surface area (Å²) in [4.78, 5) is 5.19. The van der Waals surface area contributed by atoms with Gasteiger partial charge in [0.2, 0.25) is 0 Å². The van der Waals surface area contributed by atoms with Crippen LogP contribution in [0.1, 0.15) is 89.7 Å². The standard InChI is InChI=1S/C29H41FN2/c1-6-9-14-23(7-2)22(5)32-29-24(8-3)19-26(20-25(29)15-11-10-12-18-31)27-16-13-17-28(30)21(27)4/h6-7,9,13,16-17,20,26H,8,10-12,14-15,18-19,31H2,1-5H3/b9-6?,23-7+,32-22?. The monoisotopic (exact) mass is 436 g/mol. The Hall–Kier alpha value is -2.26. The van der Waals surface area contributed by atoms with E-state index in [4.69, 9.17) is 10.7 Å². The third-order valence-electron chi connectivity index (χ3n) is 6.46. The maximum Gasteiger partial charge on any atom is 0.126 e. The van der Waals surface area contributed by atoms with Crippen LogP contribution >= 0.6 is 0 Å². The van der Waals surface area contributed by atoms with Gasteiger partial charge in [-0.25, -0.2) is 4.39 Å². The molecule has 0 spiro atoms. The van der Waals surface area contributed by atoms with Crippen LogP contribution in [-0.4, -0.2) is 12.3 Å². The van der Waals surface area contributed by atoms with Crippen LogP contribution in [0.25, 0.3) is 0 Å². The fourth-order valence-electron chi connectivity index (χ4n) is 4.46. The van der Waals surface area contributed by atoms with Crippen molar-refractivity contribution in [3.05, 3.63) is 81.9 Å². The van der Waals surface area contributed by atoms with Crippen molar-refractivity contribution in [2.45, 2.75) is 85.5 Å². The number of nitrogens with zero attached hydrogens (tertiary/aromatic N) is 1. The summed E-state index contributed by atoms with van der Waals surface area (Å²) in [5, 5.41) is 0. The number of aliphatic imine (C=N–C) groups is 1. The third-order valence-corrected chi connectivity index (χ3v) is 6.46. The Kier molecular flexibility index (Phi) is 10.8. The summed E-state index contributed by atoms with van der Waals surface area (Å²) in [7, 11) is 0. The Bertz CT molecular complexity index is 915. The van der Waals surface area contributed by atoms with Crippen molar-refractivity contribution in [1.82, 2.24) is 0 Å². The van der Waals surface area contributed by atoms with Gasteiger partial charge in [-0.1, -0.05) is 49.8 Å². The molecule has 2 N–H and O–H groups in total. The number of nitrogens with two attached hydrogens (primary N) is 1. The van der Waals surface area contributed by atoms with Crippen LogP contribution in [0.4, 0.5) is 4.39 Å². The molecule has 174 valence electrons. The van der Waals surface area contributed by atoms with Gasteiger partial charge in [0.25, 0.3) is 0 Å². The van der Waals surface area contributed by atoms with E-state index in [2.05, 4.69) is 58.1 Å². The molecule has 1 aliphatic rings. The fourth-order valence-corrected chi connectivity index (χ4v) is 4.46. The third kappa shape index (κ3) is 6.87. The summed E-state index contributed by atoms with van der Waals surface area (Å²) in [5.41, 5.74) is 13.7. The van der Waals surface area contributed by atoms with Crippen molar-refractivity contribution in [3.8, 4) is 0 Å². The molecular weight excluding hydrogens is 395 g/mol. The Morgan fingerprint density at radius 3 is 2.66 bits per heavy atom. The molecule has 1 aliphatic carbocycles. The first-order chi connectivity index (χ1) is 15.5. The highest BCUT2D eigenvalue weighted by Gasteiger charge is 2.24. The zero-order chi connectivity index (χ0) is 23.5. The number of unbranched alkanes of at least 4 members (excludes halogenated alkanes) is 2. The molecule has 0 heterocycles. The zero-order valence-corrected chi connectivity index (χ0v) is 20.7. The van der Waals surface area contributed by atoms with E-state index in [1.807, 2.05) is 13.0 Å². The molecule has 0 saturated carbocycles. The largest absolute Gasteiger partial charge is 0.330 e. The minimum atomic E-state index is -0.121. The number of allylic oxidation sites excluding steroid dienone is 7.